The van der Waals surface area contributed by atoms with E-state index in [4.69, 9.17) is 0 Å². The van der Waals surface area contributed by atoms with Crippen molar-refractivity contribution in [1.82, 2.24) is 33.0 Å². The second-order valence-electron chi connectivity index (χ2n) is 34.9. The highest BCUT2D eigenvalue weighted by Crippen LogP contribution is 2.40. The number of hydrogen-bond donors (Lipinski definition) is 0. The van der Waals surface area contributed by atoms with Gasteiger partial charge in [0.1, 0.15) is 0 Å². The standard InChI is InChI=1S/C15H15N.C15H17N.C12H25N.2C10H17N.C10H15N.C9H21N.C8H13N.C5H13N/c1-11(2)16-14-9-5-3-7-12(14)13-8-4-6-10-15(13)16;1-13(2)16(14-9-5-3-6-10-14)15-11-7-4-8-12-15;1-10(2)13-11(3,4)8-7-9-12(13,5)6;2*1-8-6-7-9(2)11(8)10(3,4)5;1-9(2)11(3)10-7-5-4-6-8-10;1-7(2)10(8(3)4)9(5)6;1-8(2,3)9-6-4-5-7-9;1-5(2)6(3)4/h3-11H,1-2H3;3-13H,1-2H3;10H,7-9H2,1-6H3;2*6-7H,1-5H3;4-9H,1-3H3;7-9H,1-6H3;4-7H,1-3H3;5H,1-4H3. The summed E-state index contributed by atoms with van der Waals surface area (Å²) in [4.78, 5) is 11.9. The summed E-state index contributed by atoms with van der Waals surface area (Å²) in [5.74, 6) is 0. The van der Waals surface area contributed by atoms with Gasteiger partial charge in [-0.05, 0) is 347 Å². The Morgan fingerprint density at radius 2 is 0.641 bits per heavy atom. The Morgan fingerprint density at radius 3 is 0.854 bits per heavy atom. The molecule has 0 N–H and O–H groups in total. The number of aromatic nitrogens is 4. The van der Waals surface area contributed by atoms with Gasteiger partial charge in [-0.3, -0.25) is 9.80 Å². The lowest BCUT2D eigenvalue weighted by atomic mass is 9.79. The number of benzene rings is 5. The second-order valence-corrected chi connectivity index (χ2v) is 34.9. The maximum atomic E-state index is 2.68. The lowest BCUT2D eigenvalue weighted by molar-refractivity contribution is -0.0508. The van der Waals surface area contributed by atoms with Crippen LogP contribution in [0.1, 0.15) is 249 Å². The van der Waals surface area contributed by atoms with E-state index >= 15 is 0 Å². The molecule has 0 saturated carbocycles. The summed E-state index contributed by atoms with van der Waals surface area (Å²) in [6.45, 7) is 73.8. The Bertz CT molecular complexity index is 3450. The zero-order valence-corrected chi connectivity index (χ0v) is 72.7. The van der Waals surface area contributed by atoms with Crippen molar-refractivity contribution in [3.05, 3.63) is 211 Å². The molecule has 4 aromatic heterocycles. The highest BCUT2D eigenvalue weighted by molar-refractivity contribution is 6.08. The molecule has 0 spiro atoms. The van der Waals surface area contributed by atoms with E-state index in [1.54, 1.807) is 0 Å². The molecular weight excluding hydrogens is 1260 g/mol. The number of anilines is 3. The molecule has 5 aromatic carbocycles. The second kappa shape index (κ2) is 42.4. The van der Waals surface area contributed by atoms with Gasteiger partial charge >= 0.3 is 0 Å². The number of aryl methyl sites for hydroxylation is 4. The smallest absolute Gasteiger partial charge is 0.0493 e. The molecular formula is C94H153N9. The molecule has 574 valence electrons. The van der Waals surface area contributed by atoms with Gasteiger partial charge in [-0.2, -0.15) is 0 Å². The van der Waals surface area contributed by atoms with Gasteiger partial charge in [-0.25, -0.2) is 0 Å². The van der Waals surface area contributed by atoms with Crippen LogP contribution < -0.4 is 9.80 Å². The van der Waals surface area contributed by atoms with Crippen molar-refractivity contribution in [2.24, 2.45) is 0 Å². The van der Waals surface area contributed by atoms with E-state index in [9.17, 15) is 0 Å². The van der Waals surface area contributed by atoms with Crippen molar-refractivity contribution in [1.29, 1.82) is 0 Å². The third-order valence-corrected chi connectivity index (χ3v) is 19.1. The Labute approximate surface area is 634 Å². The summed E-state index contributed by atoms with van der Waals surface area (Å²) in [6, 6.07) is 66.3. The lowest BCUT2D eigenvalue weighted by Crippen LogP contribution is -2.61. The lowest BCUT2D eigenvalue weighted by Gasteiger charge is -2.55. The zero-order chi connectivity index (χ0) is 78.7. The van der Waals surface area contributed by atoms with E-state index in [0.717, 1.165) is 0 Å². The molecule has 9 aromatic rings. The fourth-order valence-corrected chi connectivity index (χ4v) is 14.8. The van der Waals surface area contributed by atoms with Crippen molar-refractivity contribution in [2.75, 3.05) is 30.9 Å². The number of fused-ring (bicyclic) bond motifs is 3. The predicted octanol–water partition coefficient (Wildman–Crippen LogP) is 26.0. The third-order valence-electron chi connectivity index (χ3n) is 19.1. The van der Waals surface area contributed by atoms with Crippen LogP contribution >= 0.6 is 0 Å². The average Bonchev–Trinajstić information content (AvgIpc) is 1.67. The fraction of sp³-hybridized carbons (Fsp3) is 0.553. The van der Waals surface area contributed by atoms with Crippen LogP contribution in [-0.2, 0) is 16.6 Å². The number of likely N-dealkylation sites (tertiary alicyclic amines) is 1. The van der Waals surface area contributed by atoms with Gasteiger partial charge in [-0.15, -0.1) is 0 Å². The Morgan fingerprint density at radius 1 is 0.340 bits per heavy atom. The quantitative estimate of drug-likeness (QED) is 0.129. The first kappa shape index (κ1) is 92.3. The zero-order valence-electron chi connectivity index (χ0n) is 72.7. The molecule has 0 unspecified atom stereocenters. The van der Waals surface area contributed by atoms with Crippen molar-refractivity contribution in [3.63, 3.8) is 0 Å². The first-order valence-electron chi connectivity index (χ1n) is 39.0. The van der Waals surface area contributed by atoms with Crippen LogP contribution in [0.5, 0.6) is 0 Å². The van der Waals surface area contributed by atoms with Gasteiger partial charge in [0.15, 0.2) is 0 Å². The minimum Gasteiger partial charge on any atom is -0.372 e. The van der Waals surface area contributed by atoms with E-state index < -0.39 is 0 Å². The molecule has 0 bridgehead atoms. The van der Waals surface area contributed by atoms with Crippen molar-refractivity contribution in [2.45, 2.75) is 324 Å². The molecule has 0 amide bonds. The summed E-state index contributed by atoms with van der Waals surface area (Å²) in [5, 5.41) is 2.71. The SMILES string of the molecule is CC(C)(C)n1cccc1.CC(C)N(C(C)C)C(C)C.CC(C)N(C)C.CC(C)N(C)c1ccccc1.CC(C)N(c1ccccc1)c1ccccc1.CC(C)N1C(C)(C)CCCC1(C)C.CC(C)n1c2ccccc2c2ccccc21.Cc1ccc(C)n1C(C)(C)C.Cc1ccc(C)n1C(C)(C)C. The molecule has 1 fully saturated rings. The maximum Gasteiger partial charge on any atom is 0.0493 e. The van der Waals surface area contributed by atoms with Crippen molar-refractivity contribution < 1.29 is 0 Å². The Hall–Kier alpha value is -6.78. The van der Waals surface area contributed by atoms with Crippen LogP contribution in [0.15, 0.2) is 188 Å². The molecule has 1 saturated heterocycles. The predicted molar refractivity (Wildman–Crippen MR) is 462 cm³/mol. The number of hydrogen-bond acceptors (Lipinski definition) is 5. The molecule has 103 heavy (non-hydrogen) atoms. The van der Waals surface area contributed by atoms with Crippen LogP contribution in [0.4, 0.5) is 17.1 Å². The van der Waals surface area contributed by atoms with Crippen LogP contribution in [0.2, 0.25) is 0 Å². The number of piperidine rings is 1. The van der Waals surface area contributed by atoms with Gasteiger partial charge in [0, 0.05) is 157 Å². The average molecular weight is 1410 g/mol. The monoisotopic (exact) mass is 1410 g/mol. The highest BCUT2D eigenvalue weighted by Gasteiger charge is 2.42. The van der Waals surface area contributed by atoms with Gasteiger partial charge < -0.3 is 33.0 Å². The largest absolute Gasteiger partial charge is 0.372 e. The number of rotatable bonds is 11. The minimum atomic E-state index is 0.220. The van der Waals surface area contributed by atoms with Crippen molar-refractivity contribution >= 4 is 38.9 Å². The van der Waals surface area contributed by atoms with Crippen LogP contribution in [0.25, 0.3) is 21.8 Å². The van der Waals surface area contributed by atoms with Crippen LogP contribution in [0.3, 0.4) is 0 Å². The summed E-state index contributed by atoms with van der Waals surface area (Å²) in [7, 11) is 6.26. The van der Waals surface area contributed by atoms with Gasteiger partial charge in [0.25, 0.3) is 0 Å². The minimum absolute atomic E-state index is 0.220. The van der Waals surface area contributed by atoms with E-state index in [0.29, 0.717) is 59.4 Å². The first-order valence-corrected chi connectivity index (χ1v) is 39.0. The molecule has 9 heteroatoms. The van der Waals surface area contributed by atoms with Gasteiger partial charge in [-0.1, -0.05) is 91.0 Å². The summed E-state index contributed by atoms with van der Waals surface area (Å²) in [6.07, 6.45) is 8.23. The number of nitrogens with zero attached hydrogens (tertiary/aromatic N) is 9. The maximum absolute atomic E-state index is 2.68. The van der Waals surface area contributed by atoms with Gasteiger partial charge in [0.2, 0.25) is 0 Å². The molecule has 1 aliphatic heterocycles. The van der Waals surface area contributed by atoms with Crippen LogP contribution in [-0.4, -0.2) is 107 Å². The Kier molecular flexibility index (Phi) is 38.0. The topological polar surface area (TPSA) is 35.9 Å². The molecule has 9 nitrogen and oxygen atoms in total. The summed E-state index contributed by atoms with van der Waals surface area (Å²) < 4.78 is 9.30. The first-order chi connectivity index (χ1) is 47.6. The molecule has 0 aliphatic carbocycles. The molecule has 10 rings (SSSR count). The van der Waals surface area contributed by atoms with E-state index in [1.807, 2.05) is 30.3 Å². The molecule has 0 atom stereocenters. The molecule has 5 heterocycles. The van der Waals surface area contributed by atoms with E-state index in [-0.39, 0.29) is 16.6 Å². The third kappa shape index (κ3) is 29.9. The fourth-order valence-electron chi connectivity index (χ4n) is 14.8. The molecule has 0 radical (unpaired) electrons. The van der Waals surface area contributed by atoms with Crippen molar-refractivity contribution in [3.8, 4) is 0 Å². The summed E-state index contributed by atoms with van der Waals surface area (Å²) in [5.41, 5.74) is 13.2. The number of para-hydroxylation sites is 5. The van der Waals surface area contributed by atoms with E-state index in [2.05, 4.69) is 450 Å². The van der Waals surface area contributed by atoms with Crippen LogP contribution in [0, 0.1) is 27.7 Å². The normalized spacial score (nSPS) is 13.5. The van der Waals surface area contributed by atoms with Gasteiger partial charge in [0.05, 0.1) is 0 Å². The van der Waals surface area contributed by atoms with E-state index in [1.165, 1.54) is 80.9 Å². The highest BCUT2D eigenvalue weighted by atomic mass is 15.3. The Balaban J connectivity index is 0.000000398. The molecule has 1 aliphatic rings. The summed E-state index contributed by atoms with van der Waals surface area (Å²) >= 11 is 0.